The first kappa shape index (κ1) is 22.0. The number of rotatable bonds is 9. The molecule has 162 valence electrons. The number of hydrogen-bond acceptors (Lipinski definition) is 6. The van der Waals surface area contributed by atoms with Crippen LogP contribution < -0.4 is 24.4 Å². The highest BCUT2D eigenvalue weighted by Gasteiger charge is 2.17. The van der Waals surface area contributed by atoms with Gasteiger partial charge >= 0.3 is 0 Å². The van der Waals surface area contributed by atoms with Gasteiger partial charge in [-0.25, -0.2) is 5.43 Å². The Morgan fingerprint density at radius 2 is 1.68 bits per heavy atom. The van der Waals surface area contributed by atoms with Crippen LogP contribution in [0.25, 0.3) is 10.8 Å². The quantitative estimate of drug-likeness (QED) is 0.408. The topological polar surface area (TPSA) is 78.4 Å². The molecule has 1 N–H and O–H groups in total. The van der Waals surface area contributed by atoms with Crippen molar-refractivity contribution in [3.8, 4) is 23.0 Å². The van der Waals surface area contributed by atoms with Gasteiger partial charge in [0.15, 0.2) is 11.5 Å². The number of ether oxygens (including phenoxy) is 4. The molecule has 0 radical (unpaired) electrons. The maximum absolute atomic E-state index is 12.7. The summed E-state index contributed by atoms with van der Waals surface area (Å²) in [4.78, 5) is 12.7. The Balaban J connectivity index is 1.88. The molecule has 31 heavy (non-hydrogen) atoms. The van der Waals surface area contributed by atoms with E-state index >= 15 is 0 Å². The number of hydrazone groups is 1. The van der Waals surface area contributed by atoms with E-state index in [0.29, 0.717) is 35.2 Å². The highest BCUT2D eigenvalue weighted by Crippen LogP contribution is 2.38. The van der Waals surface area contributed by atoms with Crippen molar-refractivity contribution in [2.75, 3.05) is 27.9 Å². The molecule has 0 aliphatic carbocycles. The van der Waals surface area contributed by atoms with Crippen molar-refractivity contribution in [3.05, 3.63) is 59.7 Å². The van der Waals surface area contributed by atoms with Crippen LogP contribution in [0.15, 0.2) is 53.6 Å². The summed E-state index contributed by atoms with van der Waals surface area (Å²) >= 11 is 0. The number of amides is 1. The number of benzene rings is 3. The van der Waals surface area contributed by atoms with Gasteiger partial charge in [-0.05, 0) is 35.4 Å². The third kappa shape index (κ3) is 4.88. The van der Waals surface area contributed by atoms with E-state index in [-0.39, 0.29) is 0 Å². The minimum absolute atomic E-state index is 0.326. The molecule has 0 aliphatic rings. The molecule has 3 aromatic carbocycles. The fraction of sp³-hybridized carbons (Fsp3) is 0.250. The van der Waals surface area contributed by atoms with Crippen molar-refractivity contribution >= 4 is 22.9 Å². The van der Waals surface area contributed by atoms with E-state index in [0.717, 1.165) is 22.8 Å². The van der Waals surface area contributed by atoms with Gasteiger partial charge < -0.3 is 18.9 Å². The molecular weight excluding hydrogens is 396 g/mol. The van der Waals surface area contributed by atoms with Crippen LogP contribution >= 0.6 is 0 Å². The van der Waals surface area contributed by atoms with Crippen molar-refractivity contribution in [3.63, 3.8) is 0 Å². The maximum Gasteiger partial charge on any atom is 0.271 e. The zero-order valence-corrected chi connectivity index (χ0v) is 18.1. The van der Waals surface area contributed by atoms with Gasteiger partial charge in [0.1, 0.15) is 5.75 Å². The Morgan fingerprint density at radius 3 is 2.32 bits per heavy atom. The van der Waals surface area contributed by atoms with E-state index in [1.54, 1.807) is 18.3 Å². The van der Waals surface area contributed by atoms with Crippen LogP contribution in [-0.4, -0.2) is 40.1 Å². The minimum Gasteiger partial charge on any atom is -0.493 e. The summed E-state index contributed by atoms with van der Waals surface area (Å²) in [5, 5.41) is 6.22. The number of hydrogen-bond donors (Lipinski definition) is 1. The van der Waals surface area contributed by atoms with E-state index in [1.165, 1.54) is 21.3 Å². The summed E-state index contributed by atoms with van der Waals surface area (Å²) in [5.41, 5.74) is 3.69. The Kier molecular flexibility index (Phi) is 7.32. The lowest BCUT2D eigenvalue weighted by atomic mass is 10.0. The van der Waals surface area contributed by atoms with Crippen molar-refractivity contribution in [1.82, 2.24) is 5.43 Å². The highest BCUT2D eigenvalue weighted by atomic mass is 16.5. The second-order valence-electron chi connectivity index (χ2n) is 6.66. The molecule has 0 heterocycles. The molecule has 0 unspecified atom stereocenters. The number of carbonyl (C=O) groups is 1. The number of methoxy groups -OCH3 is 3. The van der Waals surface area contributed by atoms with Crippen molar-refractivity contribution in [2.45, 2.75) is 13.3 Å². The third-order valence-corrected chi connectivity index (χ3v) is 4.68. The molecule has 0 spiro atoms. The molecule has 0 aromatic heterocycles. The minimum atomic E-state index is -0.410. The summed E-state index contributed by atoms with van der Waals surface area (Å²) in [6.07, 6.45) is 2.49. The standard InChI is InChI=1S/C24H26N2O5/c1-5-12-31-20-11-10-16-8-6-7-9-18(16)19(20)15-25-26-24(27)17-13-21(28-2)23(30-4)22(14-17)29-3/h6-11,13-15H,5,12H2,1-4H3,(H,26,27)/b25-15-. The second kappa shape index (κ2) is 10.3. The van der Waals surface area contributed by atoms with Gasteiger partial charge in [0.25, 0.3) is 5.91 Å². The molecule has 0 fully saturated rings. The monoisotopic (exact) mass is 422 g/mol. The van der Waals surface area contributed by atoms with Crippen LogP contribution in [-0.2, 0) is 0 Å². The molecule has 0 saturated heterocycles. The second-order valence-corrected chi connectivity index (χ2v) is 6.66. The molecule has 3 aromatic rings. The summed E-state index contributed by atoms with van der Waals surface area (Å²) in [6.45, 7) is 2.64. The first-order chi connectivity index (χ1) is 15.1. The van der Waals surface area contributed by atoms with E-state index in [2.05, 4.69) is 10.5 Å². The highest BCUT2D eigenvalue weighted by molar-refractivity contribution is 6.03. The number of nitrogens with one attached hydrogen (secondary N) is 1. The Hall–Kier alpha value is -3.74. The number of fused-ring (bicyclic) bond motifs is 1. The lowest BCUT2D eigenvalue weighted by molar-refractivity contribution is 0.0954. The van der Waals surface area contributed by atoms with Crippen molar-refractivity contribution < 1.29 is 23.7 Å². The van der Waals surface area contributed by atoms with Crippen LogP contribution in [0.3, 0.4) is 0 Å². The molecule has 0 saturated carbocycles. The van der Waals surface area contributed by atoms with E-state index in [4.69, 9.17) is 18.9 Å². The summed E-state index contributed by atoms with van der Waals surface area (Å²) in [6, 6.07) is 15.0. The zero-order valence-electron chi connectivity index (χ0n) is 18.1. The Bertz CT molecular complexity index is 1070. The molecule has 0 bridgehead atoms. The molecule has 1 amide bonds. The van der Waals surface area contributed by atoms with Gasteiger partial charge in [-0.3, -0.25) is 4.79 Å². The largest absolute Gasteiger partial charge is 0.493 e. The predicted molar refractivity (Wildman–Crippen MR) is 121 cm³/mol. The maximum atomic E-state index is 12.7. The van der Waals surface area contributed by atoms with Crippen molar-refractivity contribution in [2.24, 2.45) is 5.10 Å². The van der Waals surface area contributed by atoms with Crippen LogP contribution in [0.1, 0.15) is 29.3 Å². The molecule has 3 rings (SSSR count). The predicted octanol–water partition coefficient (Wildman–Crippen LogP) is 4.42. The SMILES string of the molecule is CCCOc1ccc2ccccc2c1/C=N\NC(=O)c1cc(OC)c(OC)c(OC)c1. The first-order valence-electron chi connectivity index (χ1n) is 9.90. The molecule has 0 atom stereocenters. The average molecular weight is 422 g/mol. The summed E-state index contributed by atoms with van der Waals surface area (Å²) in [7, 11) is 4.50. The van der Waals surface area contributed by atoms with Gasteiger partial charge in [-0.2, -0.15) is 5.10 Å². The van der Waals surface area contributed by atoms with Crippen LogP contribution in [0.2, 0.25) is 0 Å². The summed E-state index contributed by atoms with van der Waals surface area (Å²) < 4.78 is 21.8. The normalized spacial score (nSPS) is 10.8. The van der Waals surface area contributed by atoms with Gasteiger partial charge in [-0.1, -0.05) is 37.3 Å². The lowest BCUT2D eigenvalue weighted by Crippen LogP contribution is -2.18. The lowest BCUT2D eigenvalue weighted by Gasteiger charge is -2.13. The number of carbonyl (C=O) groups excluding carboxylic acids is 1. The molecule has 7 heteroatoms. The van der Waals surface area contributed by atoms with E-state index in [9.17, 15) is 4.79 Å². The molecular formula is C24H26N2O5. The van der Waals surface area contributed by atoms with Gasteiger partial charge in [-0.15, -0.1) is 0 Å². The summed E-state index contributed by atoms with van der Waals surface area (Å²) in [5.74, 6) is 1.50. The van der Waals surface area contributed by atoms with E-state index in [1.807, 2.05) is 43.3 Å². The zero-order chi connectivity index (χ0) is 22.2. The van der Waals surface area contributed by atoms with Gasteiger partial charge in [0, 0.05) is 11.1 Å². The number of nitrogens with zero attached hydrogens (tertiary/aromatic N) is 1. The van der Waals surface area contributed by atoms with Crippen LogP contribution in [0, 0.1) is 0 Å². The van der Waals surface area contributed by atoms with Gasteiger partial charge in [0.05, 0.1) is 34.2 Å². The van der Waals surface area contributed by atoms with E-state index < -0.39 is 5.91 Å². The molecule has 7 nitrogen and oxygen atoms in total. The van der Waals surface area contributed by atoms with Crippen LogP contribution in [0.4, 0.5) is 0 Å². The smallest absolute Gasteiger partial charge is 0.271 e. The van der Waals surface area contributed by atoms with Gasteiger partial charge in [0.2, 0.25) is 5.75 Å². The first-order valence-corrected chi connectivity index (χ1v) is 9.90. The fourth-order valence-electron chi connectivity index (χ4n) is 3.18. The Morgan fingerprint density at radius 1 is 0.968 bits per heavy atom. The van der Waals surface area contributed by atoms with Crippen molar-refractivity contribution in [1.29, 1.82) is 0 Å². The molecule has 0 aliphatic heterocycles. The fourth-order valence-corrected chi connectivity index (χ4v) is 3.18. The Labute approximate surface area is 181 Å². The van der Waals surface area contributed by atoms with Crippen LogP contribution in [0.5, 0.6) is 23.0 Å². The average Bonchev–Trinajstić information content (AvgIpc) is 2.81. The third-order valence-electron chi connectivity index (χ3n) is 4.68.